The minimum atomic E-state index is -0.471. The van der Waals surface area contributed by atoms with Crippen molar-refractivity contribution >= 4 is 23.2 Å². The fraction of sp³-hybridized carbons (Fsp3) is 0.381. The van der Waals surface area contributed by atoms with Crippen LogP contribution in [0.25, 0.3) is 11.1 Å². The van der Waals surface area contributed by atoms with Gasteiger partial charge in [0.1, 0.15) is 0 Å². The van der Waals surface area contributed by atoms with Crippen LogP contribution in [0.5, 0.6) is 0 Å². The Hall–Kier alpha value is -1.91. The van der Waals surface area contributed by atoms with E-state index in [1.165, 1.54) is 0 Å². The first-order valence-electron chi connectivity index (χ1n) is 9.11. The maximum Gasteiger partial charge on any atom is 0.229 e. The minimum Gasteiger partial charge on any atom is -0.324 e. The number of hydrogen-bond donors (Lipinski definition) is 2. The van der Waals surface area contributed by atoms with E-state index in [2.05, 4.69) is 5.32 Å². The van der Waals surface area contributed by atoms with Crippen LogP contribution in [0.3, 0.4) is 0 Å². The van der Waals surface area contributed by atoms with E-state index in [9.17, 15) is 4.79 Å². The molecule has 0 spiro atoms. The maximum atomic E-state index is 15.0. The van der Waals surface area contributed by atoms with E-state index >= 15 is 4.39 Å². The molecule has 5 rings (SSSR count). The Morgan fingerprint density at radius 2 is 1.81 bits per heavy atom. The second-order valence-corrected chi connectivity index (χ2v) is 8.01. The van der Waals surface area contributed by atoms with E-state index < -0.39 is 11.4 Å². The lowest BCUT2D eigenvalue weighted by Crippen LogP contribution is -2.58. The highest BCUT2D eigenvalue weighted by atomic mass is 35.5. The van der Waals surface area contributed by atoms with Gasteiger partial charge in [-0.2, -0.15) is 0 Å². The van der Waals surface area contributed by atoms with Crippen molar-refractivity contribution in [2.75, 3.05) is 5.32 Å². The molecule has 136 valence electrons. The van der Waals surface area contributed by atoms with Gasteiger partial charge in [0.05, 0.1) is 11.6 Å². The van der Waals surface area contributed by atoms with Gasteiger partial charge in [0.25, 0.3) is 0 Å². The molecular formula is C21H22ClFN2O. The number of nitrogens with two attached hydrogens (primary N) is 1. The molecule has 0 heterocycles. The topological polar surface area (TPSA) is 55.1 Å². The molecule has 0 saturated heterocycles. The summed E-state index contributed by atoms with van der Waals surface area (Å²) in [6.07, 6.45) is 4.73. The molecule has 3 fully saturated rings. The molecule has 0 radical (unpaired) electrons. The van der Waals surface area contributed by atoms with Crippen LogP contribution in [0.1, 0.15) is 32.1 Å². The molecule has 1 unspecified atom stereocenters. The van der Waals surface area contributed by atoms with E-state index in [0.29, 0.717) is 22.1 Å². The molecule has 3 N–H and O–H groups in total. The Kier molecular flexibility index (Phi) is 4.49. The zero-order chi connectivity index (χ0) is 18.3. The van der Waals surface area contributed by atoms with Crippen molar-refractivity contribution < 1.29 is 9.18 Å². The second-order valence-electron chi connectivity index (χ2n) is 7.60. The van der Waals surface area contributed by atoms with E-state index in [0.717, 1.165) is 32.1 Å². The number of fused-ring (bicyclic) bond motifs is 3. The summed E-state index contributed by atoms with van der Waals surface area (Å²) in [6, 6.07) is 12.1. The van der Waals surface area contributed by atoms with Gasteiger partial charge in [-0.25, -0.2) is 4.39 Å². The number of anilines is 1. The molecule has 1 atom stereocenters. The summed E-state index contributed by atoms with van der Waals surface area (Å²) in [5.74, 6) is -0.332. The number of amides is 1. The predicted octanol–water partition coefficient (Wildman–Crippen LogP) is 4.99. The van der Waals surface area contributed by atoms with Crippen LogP contribution in [0.2, 0.25) is 5.02 Å². The third kappa shape index (κ3) is 3.01. The van der Waals surface area contributed by atoms with E-state index in [4.69, 9.17) is 17.3 Å². The van der Waals surface area contributed by atoms with Gasteiger partial charge < -0.3 is 11.1 Å². The zero-order valence-electron chi connectivity index (χ0n) is 14.5. The molecule has 5 heteroatoms. The summed E-state index contributed by atoms with van der Waals surface area (Å²) in [6.45, 7) is 0. The third-order valence-electron chi connectivity index (χ3n) is 6.04. The van der Waals surface area contributed by atoms with Crippen molar-refractivity contribution in [3.05, 3.63) is 53.3 Å². The third-order valence-corrected chi connectivity index (χ3v) is 6.37. The Morgan fingerprint density at radius 1 is 1.12 bits per heavy atom. The summed E-state index contributed by atoms with van der Waals surface area (Å²) in [4.78, 5) is 12.8. The smallest absolute Gasteiger partial charge is 0.229 e. The van der Waals surface area contributed by atoms with Gasteiger partial charge in [-0.15, -0.1) is 0 Å². The van der Waals surface area contributed by atoms with Crippen molar-refractivity contribution in [2.24, 2.45) is 17.6 Å². The fourth-order valence-electron chi connectivity index (χ4n) is 4.47. The highest BCUT2D eigenvalue weighted by molar-refractivity contribution is 6.33. The van der Waals surface area contributed by atoms with Crippen LogP contribution < -0.4 is 11.1 Å². The molecule has 1 amide bonds. The van der Waals surface area contributed by atoms with Crippen LogP contribution in [-0.4, -0.2) is 11.4 Å². The lowest BCUT2D eigenvalue weighted by atomic mass is 9.60. The van der Waals surface area contributed by atoms with Gasteiger partial charge in [-0.05, 0) is 50.2 Å². The monoisotopic (exact) mass is 372 g/mol. The summed E-state index contributed by atoms with van der Waals surface area (Å²) in [7, 11) is 0. The van der Waals surface area contributed by atoms with Gasteiger partial charge >= 0.3 is 0 Å². The number of benzene rings is 2. The number of carbonyl (C=O) groups excluding carboxylic acids is 1. The average Bonchev–Trinajstić information content (AvgIpc) is 2.64. The molecule has 2 aromatic carbocycles. The van der Waals surface area contributed by atoms with Crippen LogP contribution in [0.4, 0.5) is 10.1 Å². The van der Waals surface area contributed by atoms with Crippen molar-refractivity contribution in [3.63, 3.8) is 0 Å². The first kappa shape index (κ1) is 17.5. The van der Waals surface area contributed by atoms with Crippen molar-refractivity contribution in [1.29, 1.82) is 0 Å². The molecule has 2 aromatic rings. The van der Waals surface area contributed by atoms with E-state index in [1.807, 2.05) is 6.07 Å². The standard InChI is InChI=1S/C21H22ClFN2O/c22-17-6-2-1-4-14(17)15-5-3-7-18(19(15)23)25-20(26)16-12-13-8-10-21(16,24)11-9-13/h1-7,13,16H,8-12,24H2,(H,25,26). The SMILES string of the molecule is NC12CCC(CC1)CC2C(=O)Nc1cccc(-c2ccccc2Cl)c1F. The summed E-state index contributed by atoms with van der Waals surface area (Å²) in [5, 5.41) is 3.26. The van der Waals surface area contributed by atoms with Crippen molar-refractivity contribution in [2.45, 2.75) is 37.6 Å². The fourth-order valence-corrected chi connectivity index (χ4v) is 4.71. The van der Waals surface area contributed by atoms with Crippen LogP contribution in [0, 0.1) is 17.7 Å². The first-order valence-corrected chi connectivity index (χ1v) is 9.49. The largest absolute Gasteiger partial charge is 0.324 e. The molecule has 3 nitrogen and oxygen atoms in total. The normalized spacial score (nSPS) is 27.3. The van der Waals surface area contributed by atoms with E-state index in [-0.39, 0.29) is 17.5 Å². The minimum absolute atomic E-state index is 0.174. The molecular weight excluding hydrogens is 351 g/mol. The molecule has 26 heavy (non-hydrogen) atoms. The maximum absolute atomic E-state index is 15.0. The molecule has 0 aromatic heterocycles. The second kappa shape index (κ2) is 6.67. The molecule has 3 saturated carbocycles. The Bertz CT molecular complexity index is 846. The zero-order valence-corrected chi connectivity index (χ0v) is 15.2. The quantitative estimate of drug-likeness (QED) is 0.797. The number of halogens is 2. The van der Waals surface area contributed by atoms with Gasteiger partial charge in [0.2, 0.25) is 5.91 Å². The van der Waals surface area contributed by atoms with E-state index in [1.54, 1.807) is 36.4 Å². The first-order chi connectivity index (χ1) is 12.5. The lowest BCUT2D eigenvalue weighted by Gasteiger charge is -2.49. The molecule has 2 bridgehead atoms. The predicted molar refractivity (Wildman–Crippen MR) is 102 cm³/mol. The average molecular weight is 373 g/mol. The Labute approximate surface area is 157 Å². The summed E-state index contributed by atoms with van der Waals surface area (Å²) >= 11 is 6.20. The molecule has 3 aliphatic carbocycles. The Morgan fingerprint density at radius 3 is 2.50 bits per heavy atom. The van der Waals surface area contributed by atoms with Crippen LogP contribution in [-0.2, 0) is 4.79 Å². The highest BCUT2D eigenvalue weighted by Gasteiger charge is 2.48. The van der Waals surface area contributed by atoms with Gasteiger partial charge in [-0.3, -0.25) is 4.79 Å². The molecule has 0 aliphatic heterocycles. The lowest BCUT2D eigenvalue weighted by molar-refractivity contribution is -0.125. The summed E-state index contributed by atoms with van der Waals surface area (Å²) < 4.78 is 15.0. The summed E-state index contributed by atoms with van der Waals surface area (Å²) in [5.41, 5.74) is 7.21. The van der Waals surface area contributed by atoms with Gasteiger partial charge in [-0.1, -0.05) is 41.9 Å². The van der Waals surface area contributed by atoms with Crippen LogP contribution >= 0.6 is 11.6 Å². The van der Waals surface area contributed by atoms with Gasteiger partial charge in [0.15, 0.2) is 5.82 Å². The Balaban J connectivity index is 1.60. The number of rotatable bonds is 3. The van der Waals surface area contributed by atoms with Crippen molar-refractivity contribution in [3.8, 4) is 11.1 Å². The number of nitrogens with one attached hydrogen (secondary N) is 1. The number of hydrogen-bond acceptors (Lipinski definition) is 2. The van der Waals surface area contributed by atoms with Gasteiger partial charge in [0, 0.05) is 21.7 Å². The van der Waals surface area contributed by atoms with Crippen LogP contribution in [0.15, 0.2) is 42.5 Å². The molecule has 3 aliphatic rings. The highest BCUT2D eigenvalue weighted by Crippen LogP contribution is 2.47. The van der Waals surface area contributed by atoms with Crippen molar-refractivity contribution in [1.82, 2.24) is 0 Å². The number of carbonyl (C=O) groups is 1.